The van der Waals surface area contributed by atoms with Crippen molar-refractivity contribution in [2.45, 2.75) is 71.9 Å². The van der Waals surface area contributed by atoms with E-state index in [4.69, 9.17) is 9.72 Å². The number of rotatable bonds is 8. The normalized spacial score (nSPS) is 20.1. The van der Waals surface area contributed by atoms with Crippen LogP contribution < -0.4 is 0 Å². The SMILES string of the molecule is CCOC(C)(C)[C@@]1(CCc2ncc3c(cnn3C)n2)CCN(C(C)(C)c2ccc(C)nc2)C1. The molecule has 3 aromatic heterocycles. The average Bonchev–Trinajstić information content (AvgIpc) is 3.38. The number of aryl methyl sites for hydroxylation is 3. The maximum absolute atomic E-state index is 6.37. The van der Waals surface area contributed by atoms with E-state index in [1.165, 1.54) is 5.56 Å². The Hall–Kier alpha value is -2.38. The Morgan fingerprint density at radius 1 is 1.09 bits per heavy atom. The van der Waals surface area contributed by atoms with Crippen molar-refractivity contribution < 1.29 is 4.74 Å². The zero-order valence-corrected chi connectivity index (χ0v) is 21.2. The van der Waals surface area contributed by atoms with E-state index >= 15 is 0 Å². The first kappa shape index (κ1) is 23.8. The van der Waals surface area contributed by atoms with Crippen LogP contribution in [0.1, 0.15) is 64.5 Å². The monoisotopic (exact) mass is 450 g/mol. The van der Waals surface area contributed by atoms with E-state index in [1.54, 1.807) is 0 Å². The number of aromatic nitrogens is 5. The van der Waals surface area contributed by atoms with Crippen LogP contribution in [-0.2, 0) is 23.7 Å². The van der Waals surface area contributed by atoms with Crippen molar-refractivity contribution in [3.8, 4) is 0 Å². The van der Waals surface area contributed by atoms with Gasteiger partial charge in [-0.2, -0.15) is 5.10 Å². The lowest BCUT2D eigenvalue weighted by molar-refractivity contribution is -0.109. The molecule has 3 aromatic rings. The molecule has 0 spiro atoms. The first-order valence-corrected chi connectivity index (χ1v) is 12.0. The number of ether oxygens (including phenoxy) is 1. The molecule has 0 saturated carbocycles. The number of hydrogen-bond acceptors (Lipinski definition) is 6. The second-order valence-corrected chi connectivity index (χ2v) is 10.5. The quantitative estimate of drug-likeness (QED) is 0.505. The highest BCUT2D eigenvalue weighted by Gasteiger charge is 2.52. The average molecular weight is 451 g/mol. The van der Waals surface area contributed by atoms with Gasteiger partial charge in [0, 0.05) is 49.5 Å². The lowest BCUT2D eigenvalue weighted by Crippen LogP contribution is -2.50. The summed E-state index contributed by atoms with van der Waals surface area (Å²) in [7, 11) is 1.92. The van der Waals surface area contributed by atoms with Gasteiger partial charge in [0.15, 0.2) is 0 Å². The Kier molecular flexibility index (Phi) is 6.31. The maximum Gasteiger partial charge on any atom is 0.129 e. The van der Waals surface area contributed by atoms with Crippen molar-refractivity contribution in [3.05, 3.63) is 47.8 Å². The van der Waals surface area contributed by atoms with Crippen molar-refractivity contribution in [3.63, 3.8) is 0 Å². The summed E-state index contributed by atoms with van der Waals surface area (Å²) >= 11 is 0. The van der Waals surface area contributed by atoms with Gasteiger partial charge in [0.25, 0.3) is 0 Å². The molecule has 0 bridgehead atoms. The molecule has 0 N–H and O–H groups in total. The Morgan fingerprint density at radius 2 is 1.88 bits per heavy atom. The number of nitrogens with zero attached hydrogens (tertiary/aromatic N) is 6. The van der Waals surface area contributed by atoms with Crippen molar-refractivity contribution in [2.75, 3.05) is 19.7 Å². The molecular formula is C26H38N6O. The summed E-state index contributed by atoms with van der Waals surface area (Å²) < 4.78 is 8.18. The number of fused-ring (bicyclic) bond motifs is 1. The van der Waals surface area contributed by atoms with E-state index in [-0.39, 0.29) is 16.6 Å². The molecule has 4 rings (SSSR count). The molecule has 1 saturated heterocycles. The van der Waals surface area contributed by atoms with E-state index < -0.39 is 0 Å². The predicted octanol–water partition coefficient (Wildman–Crippen LogP) is 4.44. The summed E-state index contributed by atoms with van der Waals surface area (Å²) in [5.41, 5.74) is 3.82. The zero-order valence-electron chi connectivity index (χ0n) is 21.2. The van der Waals surface area contributed by atoms with Crippen LogP contribution >= 0.6 is 0 Å². The first-order chi connectivity index (χ1) is 15.6. The topological polar surface area (TPSA) is 69.0 Å². The van der Waals surface area contributed by atoms with Crippen LogP contribution in [0.2, 0.25) is 0 Å². The van der Waals surface area contributed by atoms with Crippen LogP contribution in [0.25, 0.3) is 11.0 Å². The molecule has 1 aliphatic rings. The molecule has 7 nitrogen and oxygen atoms in total. The fourth-order valence-electron chi connectivity index (χ4n) is 5.32. The zero-order chi connectivity index (χ0) is 23.9. The van der Waals surface area contributed by atoms with Crippen LogP contribution in [0, 0.1) is 12.3 Å². The minimum atomic E-state index is -0.253. The van der Waals surface area contributed by atoms with Crippen molar-refractivity contribution >= 4 is 11.0 Å². The van der Waals surface area contributed by atoms with Gasteiger partial charge in [-0.25, -0.2) is 9.97 Å². The molecular weight excluding hydrogens is 412 g/mol. The highest BCUT2D eigenvalue weighted by molar-refractivity contribution is 5.72. The van der Waals surface area contributed by atoms with Gasteiger partial charge >= 0.3 is 0 Å². The smallest absolute Gasteiger partial charge is 0.129 e. The third-order valence-electron chi connectivity index (χ3n) is 7.92. The van der Waals surface area contributed by atoms with Gasteiger partial charge < -0.3 is 4.74 Å². The summed E-state index contributed by atoms with van der Waals surface area (Å²) in [5, 5.41) is 4.31. The molecule has 0 aromatic carbocycles. The van der Waals surface area contributed by atoms with Crippen LogP contribution in [0.5, 0.6) is 0 Å². The van der Waals surface area contributed by atoms with E-state index in [1.807, 2.05) is 37.2 Å². The predicted molar refractivity (Wildman–Crippen MR) is 131 cm³/mol. The molecule has 1 fully saturated rings. The summed E-state index contributed by atoms with van der Waals surface area (Å²) in [6.07, 6.45) is 8.61. The van der Waals surface area contributed by atoms with Gasteiger partial charge in [-0.15, -0.1) is 0 Å². The van der Waals surface area contributed by atoms with Crippen LogP contribution in [0.15, 0.2) is 30.7 Å². The molecule has 7 heteroatoms. The molecule has 0 amide bonds. The molecule has 1 aliphatic heterocycles. The first-order valence-electron chi connectivity index (χ1n) is 12.0. The molecule has 0 aliphatic carbocycles. The molecule has 0 radical (unpaired) electrons. The van der Waals surface area contributed by atoms with Crippen LogP contribution in [-0.4, -0.2) is 54.9 Å². The van der Waals surface area contributed by atoms with Gasteiger partial charge in [-0.05, 0) is 72.6 Å². The van der Waals surface area contributed by atoms with Crippen LogP contribution in [0.4, 0.5) is 0 Å². The lowest BCUT2D eigenvalue weighted by Gasteiger charge is -2.46. The third-order valence-corrected chi connectivity index (χ3v) is 7.92. The van der Waals surface area contributed by atoms with Crippen molar-refractivity contribution in [1.82, 2.24) is 29.6 Å². The lowest BCUT2D eigenvalue weighted by atomic mass is 9.69. The standard InChI is InChI=1S/C26H38N6O/c1-8-33-25(5,6)26(12-11-23-28-17-22-21(30-23)16-29-31(22)7)13-14-32(18-26)24(3,4)20-10-9-19(2)27-15-20/h9-10,15-17H,8,11-14,18H2,1-7H3/t26-/m0/s1. The molecule has 1 atom stereocenters. The fraction of sp³-hybridized carbons (Fsp3) is 0.615. The summed E-state index contributed by atoms with van der Waals surface area (Å²) in [4.78, 5) is 16.6. The van der Waals surface area contributed by atoms with Gasteiger partial charge in [0.2, 0.25) is 0 Å². The van der Waals surface area contributed by atoms with Gasteiger partial charge in [-0.3, -0.25) is 14.6 Å². The van der Waals surface area contributed by atoms with E-state index in [2.05, 4.69) is 66.7 Å². The molecule has 0 unspecified atom stereocenters. The number of likely N-dealkylation sites (tertiary alicyclic amines) is 1. The highest BCUT2D eigenvalue weighted by Crippen LogP contribution is 2.49. The molecule has 33 heavy (non-hydrogen) atoms. The minimum absolute atomic E-state index is 0.00562. The van der Waals surface area contributed by atoms with Gasteiger partial charge in [0.05, 0.1) is 18.0 Å². The Bertz CT molecular complexity index is 1100. The minimum Gasteiger partial charge on any atom is -0.375 e. The fourth-order valence-corrected chi connectivity index (χ4v) is 5.32. The second-order valence-electron chi connectivity index (χ2n) is 10.5. The van der Waals surface area contributed by atoms with E-state index in [0.717, 1.165) is 54.9 Å². The Balaban J connectivity index is 1.59. The summed E-state index contributed by atoms with van der Waals surface area (Å²) in [6, 6.07) is 4.32. The van der Waals surface area contributed by atoms with Crippen molar-refractivity contribution in [2.24, 2.45) is 12.5 Å². The second kappa shape index (κ2) is 8.76. The third kappa shape index (κ3) is 4.41. The molecule has 178 valence electrons. The maximum atomic E-state index is 6.37. The van der Waals surface area contributed by atoms with Crippen LogP contribution in [0.3, 0.4) is 0 Å². The highest BCUT2D eigenvalue weighted by atomic mass is 16.5. The number of hydrogen-bond donors (Lipinski definition) is 0. The van der Waals surface area contributed by atoms with E-state index in [9.17, 15) is 0 Å². The Morgan fingerprint density at radius 3 is 2.58 bits per heavy atom. The van der Waals surface area contributed by atoms with Gasteiger partial charge in [-0.1, -0.05) is 6.07 Å². The summed E-state index contributed by atoms with van der Waals surface area (Å²) in [5.74, 6) is 0.877. The van der Waals surface area contributed by atoms with Crippen molar-refractivity contribution in [1.29, 1.82) is 0 Å². The summed E-state index contributed by atoms with van der Waals surface area (Å²) in [6.45, 7) is 16.0. The molecule has 4 heterocycles. The van der Waals surface area contributed by atoms with E-state index in [0.29, 0.717) is 6.61 Å². The number of pyridine rings is 1. The Labute approximate surface area is 197 Å². The largest absolute Gasteiger partial charge is 0.375 e. The van der Waals surface area contributed by atoms with Gasteiger partial charge in [0.1, 0.15) is 16.9 Å².